The van der Waals surface area contributed by atoms with Gasteiger partial charge in [-0.05, 0) is 41.8 Å². The molecule has 12 heavy (non-hydrogen) atoms. The minimum Gasteiger partial charge on any atom is -0.303 e. The third-order valence-corrected chi connectivity index (χ3v) is 0.421. The van der Waals surface area contributed by atoms with Crippen LogP contribution in [0.25, 0.3) is 0 Å². The Morgan fingerprint density at radius 1 is 0.667 bits per heavy atom. The van der Waals surface area contributed by atoms with E-state index in [2.05, 4.69) is 58.0 Å². The largest absolute Gasteiger partial charge is 0.303 e. The van der Waals surface area contributed by atoms with Crippen molar-refractivity contribution < 1.29 is 0 Å². The molecule has 0 aromatic carbocycles. The zero-order valence-electron chi connectivity index (χ0n) is 6.05. The van der Waals surface area contributed by atoms with Crippen LogP contribution in [0.4, 0.5) is 0 Å². The summed E-state index contributed by atoms with van der Waals surface area (Å²) in [5.41, 5.74) is 0. The summed E-state index contributed by atoms with van der Waals surface area (Å²) >= 11 is 0. The molecule has 0 aliphatic rings. The van der Waals surface area contributed by atoms with Gasteiger partial charge < -0.3 is 5.84 Å². The van der Waals surface area contributed by atoms with E-state index in [1.165, 1.54) is 7.05 Å². The molecule has 0 heterocycles. The predicted octanol–water partition coefficient (Wildman–Crippen LogP) is 1.41. The van der Waals surface area contributed by atoms with Gasteiger partial charge in [0.05, 0.1) is 7.05 Å². The normalized spacial score (nSPS) is 13.8. The van der Waals surface area contributed by atoms with E-state index in [1.807, 2.05) is 0 Å². The molecule has 0 aromatic rings. The molecule has 64 valence electrons. The average molecular weight is 171 g/mol. The summed E-state index contributed by atoms with van der Waals surface area (Å²) in [4.78, 5) is 0. The third-order valence-electron chi connectivity index (χ3n) is 0.421. The second kappa shape index (κ2) is 8.80. The molecule has 0 fully saturated rings. The Kier molecular flexibility index (Phi) is 7.19. The lowest BCUT2D eigenvalue weighted by Crippen LogP contribution is -1.70. The van der Waals surface area contributed by atoms with Gasteiger partial charge in [-0.25, -0.2) is 0 Å². The second-order valence-electron chi connectivity index (χ2n) is 1.03. The number of hydrogen-bond donors (Lipinski definition) is 1. The zero-order valence-corrected chi connectivity index (χ0v) is 6.05. The molecule has 0 saturated carbocycles. The van der Waals surface area contributed by atoms with Crippen LogP contribution in [0.3, 0.4) is 0 Å². The molecule has 0 spiro atoms. The molecular formula is CH5N11. The van der Waals surface area contributed by atoms with Crippen LogP contribution in [0, 0.1) is 0 Å². The molecule has 0 radical (unpaired) electrons. The van der Waals surface area contributed by atoms with Crippen molar-refractivity contribution in [3.63, 3.8) is 0 Å². The second-order valence-corrected chi connectivity index (χ2v) is 1.03. The molecular weight excluding hydrogens is 166 g/mol. The van der Waals surface area contributed by atoms with Gasteiger partial charge in [0.1, 0.15) is 0 Å². The van der Waals surface area contributed by atoms with Gasteiger partial charge in [-0.3, -0.25) is 0 Å². The van der Waals surface area contributed by atoms with Crippen molar-refractivity contribution in [3.8, 4) is 0 Å². The maximum Gasteiger partial charge on any atom is 0.0510 e. The predicted molar refractivity (Wildman–Crippen MR) is 34.4 cm³/mol. The van der Waals surface area contributed by atoms with Crippen LogP contribution in [0.2, 0.25) is 0 Å². The standard InChI is InChI=1S/CH5N11/c1-3-5-7-9-11-12-10-8-6-4-2/h1H3,(H2,2,3,6,7,10,11). The molecule has 0 amide bonds. The van der Waals surface area contributed by atoms with Crippen molar-refractivity contribution >= 4 is 0 Å². The van der Waals surface area contributed by atoms with E-state index in [9.17, 15) is 0 Å². The average Bonchev–Trinajstić information content (AvgIpc) is 2.10. The maximum absolute atomic E-state index is 4.57. The van der Waals surface area contributed by atoms with E-state index in [0.717, 1.165) is 0 Å². The molecule has 11 nitrogen and oxygen atoms in total. The summed E-state index contributed by atoms with van der Waals surface area (Å²) < 4.78 is 0. The highest BCUT2D eigenvalue weighted by Crippen LogP contribution is 1.84. The fourth-order valence-corrected chi connectivity index (χ4v) is 0.170. The minimum atomic E-state index is 1.43. The zero-order chi connectivity index (χ0) is 9.07. The Bertz CT molecular complexity index is 193. The summed E-state index contributed by atoms with van der Waals surface area (Å²) in [7, 11) is 1.43. The number of nitrogens with zero attached hydrogens (tertiary/aromatic N) is 10. The summed E-state index contributed by atoms with van der Waals surface area (Å²) in [6, 6.07) is 0. The van der Waals surface area contributed by atoms with Gasteiger partial charge in [0.15, 0.2) is 0 Å². The smallest absolute Gasteiger partial charge is 0.0510 e. The van der Waals surface area contributed by atoms with Crippen molar-refractivity contribution in [2.45, 2.75) is 0 Å². The van der Waals surface area contributed by atoms with Gasteiger partial charge in [0, 0.05) is 0 Å². The lowest BCUT2D eigenvalue weighted by Gasteiger charge is -1.68. The molecule has 0 aliphatic heterocycles. The summed E-state index contributed by atoms with van der Waals surface area (Å²) in [5, 5.41) is 30.0. The number of rotatable bonds is 4. The number of nitrogens with two attached hydrogens (primary N) is 1. The van der Waals surface area contributed by atoms with Crippen molar-refractivity contribution in [3.05, 3.63) is 0 Å². The summed E-state index contributed by atoms with van der Waals surface area (Å²) in [6.07, 6.45) is 0. The molecule has 0 aromatic heterocycles. The molecule has 0 rings (SSSR count). The van der Waals surface area contributed by atoms with E-state index in [4.69, 9.17) is 0 Å². The highest BCUT2D eigenvalue weighted by molar-refractivity contribution is 4.10. The van der Waals surface area contributed by atoms with E-state index in [-0.39, 0.29) is 0 Å². The first kappa shape index (κ1) is 9.80. The van der Waals surface area contributed by atoms with E-state index in [0.29, 0.717) is 0 Å². The van der Waals surface area contributed by atoms with Gasteiger partial charge in [-0.1, -0.05) is 5.22 Å². The lowest BCUT2D eigenvalue weighted by atomic mass is 11.6. The summed E-state index contributed by atoms with van der Waals surface area (Å²) in [6.45, 7) is 0. The Labute approximate surface area is 66.2 Å². The molecule has 0 unspecified atom stereocenters. The third kappa shape index (κ3) is 7.80. The molecule has 0 saturated heterocycles. The Morgan fingerprint density at radius 2 is 1.08 bits per heavy atom. The monoisotopic (exact) mass is 171 g/mol. The molecule has 2 N–H and O–H groups in total. The molecule has 0 bridgehead atoms. The number of hydrogen-bond acceptors (Lipinski definition) is 2. The highest BCUT2D eigenvalue weighted by Gasteiger charge is 1.66. The van der Waals surface area contributed by atoms with Crippen LogP contribution in [-0.2, 0) is 0 Å². The van der Waals surface area contributed by atoms with Crippen LogP contribution in [0.15, 0.2) is 52.1 Å². The van der Waals surface area contributed by atoms with Crippen LogP contribution in [-0.4, -0.2) is 7.05 Å². The van der Waals surface area contributed by atoms with Crippen molar-refractivity contribution in [1.82, 2.24) is 0 Å². The van der Waals surface area contributed by atoms with Gasteiger partial charge in [-0.2, -0.15) is 5.11 Å². The van der Waals surface area contributed by atoms with Gasteiger partial charge in [0.25, 0.3) is 0 Å². The van der Waals surface area contributed by atoms with Crippen molar-refractivity contribution in [2.75, 3.05) is 7.05 Å². The highest BCUT2D eigenvalue weighted by atomic mass is 15.7. The Hall–Kier alpha value is -2.20. The maximum atomic E-state index is 4.57. The minimum absolute atomic E-state index is 1.43. The topological polar surface area (TPSA) is 150 Å². The lowest BCUT2D eigenvalue weighted by molar-refractivity contribution is 0.769. The Morgan fingerprint density at radius 3 is 1.50 bits per heavy atom. The first-order valence-corrected chi connectivity index (χ1v) is 2.51. The first-order valence-electron chi connectivity index (χ1n) is 2.51. The molecule has 0 atom stereocenters. The summed E-state index contributed by atoms with van der Waals surface area (Å²) in [5.74, 6) is 4.57. The van der Waals surface area contributed by atoms with Gasteiger partial charge in [-0.15, -0.1) is 0 Å². The van der Waals surface area contributed by atoms with Crippen LogP contribution in [0.5, 0.6) is 0 Å². The first-order chi connectivity index (χ1) is 5.91. The van der Waals surface area contributed by atoms with E-state index < -0.39 is 0 Å². The van der Waals surface area contributed by atoms with Crippen LogP contribution in [0.1, 0.15) is 0 Å². The molecule has 11 heteroatoms. The fourth-order valence-electron chi connectivity index (χ4n) is 0.170. The van der Waals surface area contributed by atoms with E-state index >= 15 is 0 Å². The quantitative estimate of drug-likeness (QED) is 0.379. The van der Waals surface area contributed by atoms with E-state index in [1.54, 1.807) is 0 Å². The van der Waals surface area contributed by atoms with Crippen molar-refractivity contribution in [2.24, 2.45) is 58.0 Å². The van der Waals surface area contributed by atoms with Gasteiger partial charge >= 0.3 is 0 Å². The molecule has 0 aliphatic carbocycles. The van der Waals surface area contributed by atoms with Gasteiger partial charge in [0.2, 0.25) is 0 Å². The fraction of sp³-hybridized carbons (Fsp3) is 1.00. The van der Waals surface area contributed by atoms with Crippen LogP contribution >= 0.6 is 0 Å². The Balaban J connectivity index is 3.62. The van der Waals surface area contributed by atoms with Crippen molar-refractivity contribution in [1.29, 1.82) is 0 Å². The SMILES string of the molecule is CN=NN=NN=NN=NN=NN. The van der Waals surface area contributed by atoms with Crippen LogP contribution < -0.4 is 5.84 Å².